The summed E-state index contributed by atoms with van der Waals surface area (Å²) in [6.07, 6.45) is 4.72. The van der Waals surface area contributed by atoms with E-state index in [4.69, 9.17) is 11.6 Å². The molecule has 21 heavy (non-hydrogen) atoms. The van der Waals surface area contributed by atoms with E-state index in [1.54, 1.807) is 0 Å². The fourth-order valence-corrected chi connectivity index (χ4v) is 3.78. The van der Waals surface area contributed by atoms with Gasteiger partial charge in [0.15, 0.2) is 0 Å². The average Bonchev–Trinajstić information content (AvgIpc) is 2.95. The van der Waals surface area contributed by atoms with Gasteiger partial charge in [-0.1, -0.05) is 41.9 Å². The Labute approximate surface area is 139 Å². The topological polar surface area (TPSA) is 12.0 Å². The van der Waals surface area contributed by atoms with E-state index in [9.17, 15) is 0 Å². The van der Waals surface area contributed by atoms with Crippen LogP contribution in [0.15, 0.2) is 40.9 Å². The van der Waals surface area contributed by atoms with Crippen LogP contribution in [0.2, 0.25) is 5.02 Å². The Balaban J connectivity index is 1.86. The number of halogens is 2. The third kappa shape index (κ3) is 3.18. The van der Waals surface area contributed by atoms with Crippen molar-refractivity contribution in [2.75, 3.05) is 7.05 Å². The van der Waals surface area contributed by atoms with E-state index in [2.05, 4.69) is 45.5 Å². The summed E-state index contributed by atoms with van der Waals surface area (Å²) in [7, 11) is 2.00. The van der Waals surface area contributed by atoms with Crippen LogP contribution in [-0.4, -0.2) is 7.05 Å². The number of aryl methyl sites for hydroxylation is 2. The Morgan fingerprint density at radius 3 is 2.81 bits per heavy atom. The van der Waals surface area contributed by atoms with Crippen molar-refractivity contribution < 1.29 is 0 Å². The lowest BCUT2D eigenvalue weighted by Gasteiger charge is -2.19. The molecule has 1 atom stereocenters. The molecule has 110 valence electrons. The first kappa shape index (κ1) is 15.1. The van der Waals surface area contributed by atoms with Gasteiger partial charge in [0, 0.05) is 10.5 Å². The van der Waals surface area contributed by atoms with E-state index in [0.717, 1.165) is 21.5 Å². The van der Waals surface area contributed by atoms with Gasteiger partial charge in [0.2, 0.25) is 0 Å². The van der Waals surface area contributed by atoms with Gasteiger partial charge in [0.05, 0.1) is 5.02 Å². The molecule has 1 aliphatic rings. The van der Waals surface area contributed by atoms with E-state index in [-0.39, 0.29) is 6.04 Å². The van der Waals surface area contributed by atoms with Gasteiger partial charge in [0.1, 0.15) is 0 Å². The quantitative estimate of drug-likeness (QED) is 0.796. The summed E-state index contributed by atoms with van der Waals surface area (Å²) < 4.78 is 0.955. The average molecular weight is 365 g/mol. The molecule has 2 aromatic carbocycles. The van der Waals surface area contributed by atoms with Crippen LogP contribution in [0.1, 0.15) is 34.7 Å². The highest BCUT2D eigenvalue weighted by Crippen LogP contribution is 2.32. The molecule has 3 heteroatoms. The highest BCUT2D eigenvalue weighted by Gasteiger charge is 2.17. The molecule has 0 heterocycles. The van der Waals surface area contributed by atoms with Crippen molar-refractivity contribution in [2.24, 2.45) is 0 Å². The molecule has 0 bridgehead atoms. The molecule has 0 amide bonds. The first-order valence-electron chi connectivity index (χ1n) is 7.41. The summed E-state index contributed by atoms with van der Waals surface area (Å²) in [6, 6.07) is 13.3. The summed E-state index contributed by atoms with van der Waals surface area (Å²) in [4.78, 5) is 0. The second kappa shape index (κ2) is 6.51. The predicted molar refractivity (Wildman–Crippen MR) is 93.1 cm³/mol. The van der Waals surface area contributed by atoms with Crippen LogP contribution in [0.4, 0.5) is 0 Å². The number of fused-ring (bicyclic) bond motifs is 1. The number of hydrogen-bond donors (Lipinski definition) is 1. The molecule has 0 aromatic heterocycles. The van der Waals surface area contributed by atoms with Crippen molar-refractivity contribution in [1.29, 1.82) is 0 Å². The number of likely N-dealkylation sites (N-methyl/N-ethyl adjacent to an activating group) is 1. The van der Waals surface area contributed by atoms with E-state index >= 15 is 0 Å². The van der Waals surface area contributed by atoms with E-state index in [0.29, 0.717) is 0 Å². The van der Waals surface area contributed by atoms with Crippen molar-refractivity contribution in [1.82, 2.24) is 5.32 Å². The Kier molecular flexibility index (Phi) is 4.68. The third-order valence-corrected chi connectivity index (χ3v) is 5.62. The molecule has 0 fully saturated rings. The van der Waals surface area contributed by atoms with Crippen LogP contribution in [0.3, 0.4) is 0 Å². The van der Waals surface area contributed by atoms with Gasteiger partial charge >= 0.3 is 0 Å². The summed E-state index contributed by atoms with van der Waals surface area (Å²) in [5.74, 6) is 0. The Bertz CT molecular complexity index is 654. The molecule has 0 saturated carbocycles. The van der Waals surface area contributed by atoms with E-state index < -0.39 is 0 Å². The van der Waals surface area contributed by atoms with Crippen molar-refractivity contribution in [3.63, 3.8) is 0 Å². The lowest BCUT2D eigenvalue weighted by atomic mass is 9.96. The van der Waals surface area contributed by atoms with E-state index in [1.165, 1.54) is 36.0 Å². The maximum atomic E-state index is 6.44. The molecule has 3 rings (SSSR count). The SMILES string of the molecule is CNC(Cc1ccc2c(c1)CCC2)c1cccc(Br)c1Cl. The van der Waals surface area contributed by atoms with Crippen LogP contribution in [0.5, 0.6) is 0 Å². The van der Waals surface area contributed by atoms with Crippen LogP contribution in [-0.2, 0) is 19.3 Å². The zero-order chi connectivity index (χ0) is 14.8. The largest absolute Gasteiger partial charge is 0.313 e. The van der Waals surface area contributed by atoms with Gasteiger partial charge in [-0.05, 0) is 77.0 Å². The normalized spacial score (nSPS) is 15.0. The fourth-order valence-electron chi connectivity index (χ4n) is 3.14. The minimum absolute atomic E-state index is 0.231. The summed E-state index contributed by atoms with van der Waals surface area (Å²) in [5, 5.41) is 4.20. The molecule has 0 radical (unpaired) electrons. The Morgan fingerprint density at radius 1 is 1.19 bits per heavy atom. The maximum absolute atomic E-state index is 6.44. The summed E-state index contributed by atoms with van der Waals surface area (Å²) in [6.45, 7) is 0. The molecule has 1 aliphatic carbocycles. The zero-order valence-electron chi connectivity index (χ0n) is 12.1. The number of hydrogen-bond acceptors (Lipinski definition) is 1. The van der Waals surface area contributed by atoms with Crippen LogP contribution >= 0.6 is 27.5 Å². The minimum atomic E-state index is 0.231. The highest BCUT2D eigenvalue weighted by atomic mass is 79.9. The van der Waals surface area contributed by atoms with Crippen molar-refractivity contribution in [3.05, 3.63) is 68.1 Å². The molecule has 2 aromatic rings. The van der Waals surface area contributed by atoms with Gasteiger partial charge < -0.3 is 5.32 Å². The molecule has 0 spiro atoms. The number of benzene rings is 2. The predicted octanol–water partition coefficient (Wildman–Crippen LogP) is 5.09. The zero-order valence-corrected chi connectivity index (χ0v) is 14.5. The third-order valence-electron chi connectivity index (χ3n) is 4.31. The van der Waals surface area contributed by atoms with Gasteiger partial charge in [0.25, 0.3) is 0 Å². The second-order valence-corrected chi connectivity index (χ2v) is 6.88. The number of nitrogens with one attached hydrogen (secondary N) is 1. The first-order chi connectivity index (χ1) is 10.2. The first-order valence-corrected chi connectivity index (χ1v) is 8.58. The Hall–Kier alpha value is -0.830. The van der Waals surface area contributed by atoms with Crippen LogP contribution in [0.25, 0.3) is 0 Å². The number of rotatable bonds is 4. The molecule has 0 aliphatic heterocycles. The van der Waals surface area contributed by atoms with Crippen molar-refractivity contribution >= 4 is 27.5 Å². The van der Waals surface area contributed by atoms with E-state index in [1.807, 2.05) is 19.2 Å². The van der Waals surface area contributed by atoms with Gasteiger partial charge in [-0.25, -0.2) is 0 Å². The molecule has 1 unspecified atom stereocenters. The Morgan fingerprint density at radius 2 is 2.00 bits per heavy atom. The monoisotopic (exact) mass is 363 g/mol. The standard InChI is InChI=1S/C18H19BrClN/c1-21-17(15-6-3-7-16(19)18(15)20)11-12-8-9-13-4-2-5-14(13)10-12/h3,6-10,17,21H,2,4-5,11H2,1H3. The van der Waals surface area contributed by atoms with Crippen LogP contribution < -0.4 is 5.32 Å². The smallest absolute Gasteiger partial charge is 0.0595 e. The minimum Gasteiger partial charge on any atom is -0.313 e. The van der Waals surface area contributed by atoms with Crippen LogP contribution in [0, 0.1) is 0 Å². The molecular formula is C18H19BrClN. The fraction of sp³-hybridized carbons (Fsp3) is 0.333. The molecule has 1 nitrogen and oxygen atoms in total. The van der Waals surface area contributed by atoms with Crippen molar-refractivity contribution in [2.45, 2.75) is 31.7 Å². The molecule has 0 saturated heterocycles. The summed E-state index contributed by atoms with van der Waals surface area (Å²) >= 11 is 9.95. The second-order valence-electron chi connectivity index (χ2n) is 5.65. The van der Waals surface area contributed by atoms with Crippen molar-refractivity contribution in [3.8, 4) is 0 Å². The molecular weight excluding hydrogens is 346 g/mol. The summed E-state index contributed by atoms with van der Waals surface area (Å²) in [5.41, 5.74) is 5.59. The van der Waals surface area contributed by atoms with Gasteiger partial charge in [-0.2, -0.15) is 0 Å². The van der Waals surface area contributed by atoms with Gasteiger partial charge in [-0.3, -0.25) is 0 Å². The van der Waals surface area contributed by atoms with Gasteiger partial charge in [-0.15, -0.1) is 0 Å². The maximum Gasteiger partial charge on any atom is 0.0595 e. The lowest BCUT2D eigenvalue weighted by molar-refractivity contribution is 0.592. The highest BCUT2D eigenvalue weighted by molar-refractivity contribution is 9.10. The lowest BCUT2D eigenvalue weighted by Crippen LogP contribution is -2.19. The molecule has 1 N–H and O–H groups in total.